The highest BCUT2D eigenvalue weighted by atomic mass is 16.6. The van der Waals surface area contributed by atoms with Crippen LogP contribution in [0.3, 0.4) is 0 Å². The van der Waals surface area contributed by atoms with E-state index in [-0.39, 0.29) is 24.8 Å². The van der Waals surface area contributed by atoms with Crippen molar-refractivity contribution in [2.75, 3.05) is 13.1 Å². The quantitative estimate of drug-likeness (QED) is 0.839. The summed E-state index contributed by atoms with van der Waals surface area (Å²) in [5.74, 6) is -0.731. The lowest BCUT2D eigenvalue weighted by Gasteiger charge is -2.37. The number of rotatable bonds is 5. The van der Waals surface area contributed by atoms with E-state index in [1.165, 1.54) is 0 Å². The SMILES string of the molecule is CC(C)(C)OC(=O)CCC(=O)OC1(c2ccccc2)CCNCC1. The lowest BCUT2D eigenvalue weighted by molar-refractivity contribution is -0.168. The standard InChI is InChI=1S/C19H27NO4/c1-18(2,3)23-16(21)9-10-17(22)24-19(11-13-20-14-12-19)15-7-5-4-6-8-15/h4-8,20H,9-14H2,1-3H3. The fourth-order valence-corrected chi connectivity index (χ4v) is 2.89. The summed E-state index contributed by atoms with van der Waals surface area (Å²) >= 11 is 0. The number of esters is 2. The first-order valence-corrected chi connectivity index (χ1v) is 8.51. The van der Waals surface area contributed by atoms with Crippen LogP contribution in [0.15, 0.2) is 30.3 Å². The van der Waals surface area contributed by atoms with Crippen molar-refractivity contribution in [1.82, 2.24) is 5.32 Å². The molecule has 1 aromatic rings. The molecule has 1 aliphatic heterocycles. The van der Waals surface area contributed by atoms with Gasteiger partial charge in [-0.05, 0) is 39.4 Å². The second-order valence-electron chi connectivity index (χ2n) is 7.17. The van der Waals surface area contributed by atoms with Gasteiger partial charge in [-0.2, -0.15) is 0 Å². The molecule has 1 heterocycles. The van der Waals surface area contributed by atoms with Gasteiger partial charge in [0.1, 0.15) is 11.2 Å². The van der Waals surface area contributed by atoms with Gasteiger partial charge in [0.2, 0.25) is 0 Å². The molecule has 1 saturated heterocycles. The molecular weight excluding hydrogens is 306 g/mol. The Labute approximate surface area is 143 Å². The molecule has 0 unspecified atom stereocenters. The molecular formula is C19H27NO4. The summed E-state index contributed by atoms with van der Waals surface area (Å²) in [4.78, 5) is 24.1. The molecule has 132 valence electrons. The number of piperidine rings is 1. The largest absolute Gasteiger partial charge is 0.460 e. The van der Waals surface area contributed by atoms with E-state index in [9.17, 15) is 9.59 Å². The second kappa shape index (κ2) is 7.79. The number of carbonyl (C=O) groups is 2. The van der Waals surface area contributed by atoms with E-state index in [2.05, 4.69) is 5.32 Å². The average molecular weight is 333 g/mol. The van der Waals surface area contributed by atoms with Crippen LogP contribution < -0.4 is 5.32 Å². The van der Waals surface area contributed by atoms with E-state index >= 15 is 0 Å². The van der Waals surface area contributed by atoms with Gasteiger partial charge < -0.3 is 14.8 Å². The Morgan fingerprint density at radius 3 is 2.21 bits per heavy atom. The van der Waals surface area contributed by atoms with Gasteiger partial charge in [-0.25, -0.2) is 0 Å². The fraction of sp³-hybridized carbons (Fsp3) is 0.579. The molecule has 1 fully saturated rings. The van der Waals surface area contributed by atoms with E-state index in [4.69, 9.17) is 9.47 Å². The minimum absolute atomic E-state index is 0.0386. The van der Waals surface area contributed by atoms with Crippen molar-refractivity contribution in [2.24, 2.45) is 0 Å². The second-order valence-corrected chi connectivity index (χ2v) is 7.17. The third-order valence-electron chi connectivity index (χ3n) is 3.97. The summed E-state index contributed by atoms with van der Waals surface area (Å²) in [6.07, 6.45) is 1.54. The van der Waals surface area contributed by atoms with Crippen molar-refractivity contribution in [3.63, 3.8) is 0 Å². The van der Waals surface area contributed by atoms with Crippen LogP contribution in [0.5, 0.6) is 0 Å². The third kappa shape index (κ3) is 5.34. The highest BCUT2D eigenvalue weighted by Crippen LogP contribution is 2.35. The summed E-state index contributed by atoms with van der Waals surface area (Å²) in [6, 6.07) is 9.84. The summed E-state index contributed by atoms with van der Waals surface area (Å²) in [6.45, 7) is 7.02. The molecule has 0 bridgehead atoms. The van der Waals surface area contributed by atoms with Crippen LogP contribution in [0.25, 0.3) is 0 Å². The zero-order chi connectivity index (χ0) is 17.6. The molecule has 0 radical (unpaired) electrons. The van der Waals surface area contributed by atoms with Crippen LogP contribution in [0.4, 0.5) is 0 Å². The van der Waals surface area contributed by atoms with Gasteiger partial charge in [0, 0.05) is 12.8 Å². The molecule has 5 nitrogen and oxygen atoms in total. The minimum atomic E-state index is -0.600. The Hall–Kier alpha value is -1.88. The van der Waals surface area contributed by atoms with Gasteiger partial charge in [-0.3, -0.25) is 9.59 Å². The topological polar surface area (TPSA) is 64.6 Å². The maximum atomic E-state index is 12.3. The van der Waals surface area contributed by atoms with Gasteiger partial charge in [0.05, 0.1) is 12.8 Å². The van der Waals surface area contributed by atoms with Crippen LogP contribution in [0.1, 0.15) is 52.0 Å². The molecule has 0 atom stereocenters. The monoisotopic (exact) mass is 333 g/mol. The van der Waals surface area contributed by atoms with Gasteiger partial charge in [0.25, 0.3) is 0 Å². The molecule has 24 heavy (non-hydrogen) atoms. The molecule has 2 rings (SSSR count). The van der Waals surface area contributed by atoms with Crippen molar-refractivity contribution in [2.45, 2.75) is 57.7 Å². The van der Waals surface area contributed by atoms with Crippen LogP contribution in [0, 0.1) is 0 Å². The van der Waals surface area contributed by atoms with Gasteiger partial charge in [-0.1, -0.05) is 30.3 Å². The molecule has 0 spiro atoms. The zero-order valence-corrected chi connectivity index (χ0v) is 14.8. The van der Waals surface area contributed by atoms with Crippen molar-refractivity contribution < 1.29 is 19.1 Å². The third-order valence-corrected chi connectivity index (χ3v) is 3.97. The Morgan fingerprint density at radius 2 is 1.62 bits per heavy atom. The first-order valence-electron chi connectivity index (χ1n) is 8.51. The van der Waals surface area contributed by atoms with E-state index in [0.717, 1.165) is 31.5 Å². The van der Waals surface area contributed by atoms with Crippen molar-refractivity contribution >= 4 is 11.9 Å². The molecule has 1 aliphatic rings. The number of hydrogen-bond acceptors (Lipinski definition) is 5. The molecule has 0 amide bonds. The highest BCUT2D eigenvalue weighted by molar-refractivity contribution is 5.78. The molecule has 1 aromatic carbocycles. The van der Waals surface area contributed by atoms with Crippen molar-refractivity contribution in [1.29, 1.82) is 0 Å². The smallest absolute Gasteiger partial charge is 0.307 e. The van der Waals surface area contributed by atoms with E-state index < -0.39 is 11.2 Å². The maximum Gasteiger partial charge on any atom is 0.307 e. The lowest BCUT2D eigenvalue weighted by atomic mass is 9.84. The Morgan fingerprint density at radius 1 is 1.04 bits per heavy atom. The molecule has 0 aliphatic carbocycles. The highest BCUT2D eigenvalue weighted by Gasteiger charge is 2.37. The zero-order valence-electron chi connectivity index (χ0n) is 14.8. The summed E-state index contributed by atoms with van der Waals surface area (Å²) in [5.41, 5.74) is -0.129. The fourth-order valence-electron chi connectivity index (χ4n) is 2.89. The van der Waals surface area contributed by atoms with Crippen molar-refractivity contribution in [3.05, 3.63) is 35.9 Å². The number of nitrogens with one attached hydrogen (secondary N) is 1. The predicted octanol–water partition coefficient (Wildman–Crippen LogP) is 2.93. The normalized spacial score (nSPS) is 17.1. The van der Waals surface area contributed by atoms with Gasteiger partial charge in [0.15, 0.2) is 0 Å². The number of benzene rings is 1. The minimum Gasteiger partial charge on any atom is -0.460 e. The molecule has 1 N–H and O–H groups in total. The van der Waals surface area contributed by atoms with Gasteiger partial charge in [-0.15, -0.1) is 0 Å². The molecule has 0 saturated carbocycles. The Balaban J connectivity index is 1.97. The number of carbonyl (C=O) groups excluding carboxylic acids is 2. The summed E-state index contributed by atoms with van der Waals surface area (Å²) in [7, 11) is 0. The Bertz CT molecular complexity index is 556. The summed E-state index contributed by atoms with van der Waals surface area (Å²) in [5, 5.41) is 3.29. The van der Waals surface area contributed by atoms with Crippen LogP contribution in [0.2, 0.25) is 0 Å². The van der Waals surface area contributed by atoms with Gasteiger partial charge >= 0.3 is 11.9 Å². The van der Waals surface area contributed by atoms with Crippen molar-refractivity contribution in [3.8, 4) is 0 Å². The first-order chi connectivity index (χ1) is 11.3. The predicted molar refractivity (Wildman–Crippen MR) is 91.4 cm³/mol. The average Bonchev–Trinajstić information content (AvgIpc) is 2.53. The first kappa shape index (κ1) is 18.5. The summed E-state index contributed by atoms with van der Waals surface area (Å²) < 4.78 is 11.1. The number of ether oxygens (including phenoxy) is 2. The lowest BCUT2D eigenvalue weighted by Crippen LogP contribution is -2.43. The molecule has 0 aromatic heterocycles. The van der Waals surface area contributed by atoms with Crippen LogP contribution in [-0.4, -0.2) is 30.6 Å². The Kier molecular flexibility index (Phi) is 5.99. The number of hydrogen-bond donors (Lipinski definition) is 1. The van der Waals surface area contributed by atoms with E-state index in [1.807, 2.05) is 51.1 Å². The maximum absolute atomic E-state index is 12.3. The van der Waals surface area contributed by atoms with Crippen LogP contribution in [-0.2, 0) is 24.7 Å². The molecule has 5 heteroatoms. The van der Waals surface area contributed by atoms with Crippen LogP contribution >= 0.6 is 0 Å². The van der Waals surface area contributed by atoms with E-state index in [1.54, 1.807) is 0 Å². The van der Waals surface area contributed by atoms with E-state index in [0.29, 0.717) is 0 Å².